The maximum absolute atomic E-state index is 13.3. The molecular weight excluding hydrogens is 333 g/mol. The number of hydrogen-bond acceptors (Lipinski definition) is 5. The van der Waals surface area contributed by atoms with Crippen LogP contribution in [0.4, 0.5) is 4.39 Å². The SMILES string of the molecule is COCC(NC(=O)c1cc(F)cc(Br)c1)c1nn[nH]n1. The average Bonchev–Trinajstić information content (AvgIpc) is 2.90. The Bertz CT molecular complexity index is 572. The van der Waals surface area contributed by atoms with E-state index in [4.69, 9.17) is 4.74 Å². The number of nitrogens with zero attached hydrogens (tertiary/aromatic N) is 3. The van der Waals surface area contributed by atoms with Gasteiger partial charge in [0, 0.05) is 17.1 Å². The summed E-state index contributed by atoms with van der Waals surface area (Å²) in [6.45, 7) is 0.168. The van der Waals surface area contributed by atoms with Gasteiger partial charge in [0.05, 0.1) is 6.61 Å². The summed E-state index contributed by atoms with van der Waals surface area (Å²) in [5.41, 5.74) is 0.182. The van der Waals surface area contributed by atoms with Crippen molar-refractivity contribution < 1.29 is 13.9 Å². The van der Waals surface area contributed by atoms with Gasteiger partial charge in [-0.25, -0.2) is 4.39 Å². The van der Waals surface area contributed by atoms with Crippen molar-refractivity contribution in [3.63, 3.8) is 0 Å². The zero-order valence-electron chi connectivity index (χ0n) is 10.4. The van der Waals surface area contributed by atoms with Crippen LogP contribution in [0.15, 0.2) is 22.7 Å². The van der Waals surface area contributed by atoms with Gasteiger partial charge in [-0.3, -0.25) is 4.79 Å². The van der Waals surface area contributed by atoms with E-state index in [2.05, 4.69) is 41.9 Å². The Hall–Kier alpha value is -1.87. The lowest BCUT2D eigenvalue weighted by Gasteiger charge is -2.14. The van der Waals surface area contributed by atoms with Gasteiger partial charge in [0.25, 0.3) is 5.91 Å². The van der Waals surface area contributed by atoms with Crippen LogP contribution in [-0.2, 0) is 4.74 Å². The van der Waals surface area contributed by atoms with Crippen LogP contribution in [-0.4, -0.2) is 40.2 Å². The first-order valence-electron chi connectivity index (χ1n) is 5.59. The number of benzene rings is 1. The topological polar surface area (TPSA) is 92.8 Å². The highest BCUT2D eigenvalue weighted by Gasteiger charge is 2.20. The van der Waals surface area contributed by atoms with Crippen molar-refractivity contribution in [1.82, 2.24) is 25.9 Å². The third kappa shape index (κ3) is 3.58. The van der Waals surface area contributed by atoms with Crippen molar-refractivity contribution in [2.45, 2.75) is 6.04 Å². The van der Waals surface area contributed by atoms with Gasteiger partial charge in [-0.15, -0.1) is 10.2 Å². The van der Waals surface area contributed by atoms with E-state index in [1.807, 2.05) is 0 Å². The molecule has 0 aliphatic rings. The normalized spacial score (nSPS) is 12.2. The summed E-state index contributed by atoms with van der Waals surface area (Å²) < 4.78 is 18.7. The second-order valence-electron chi connectivity index (χ2n) is 3.91. The van der Waals surface area contributed by atoms with Crippen LogP contribution < -0.4 is 5.32 Å². The third-order valence-corrected chi connectivity index (χ3v) is 2.89. The molecule has 0 aliphatic carbocycles. The molecule has 1 amide bonds. The largest absolute Gasteiger partial charge is 0.382 e. The minimum absolute atomic E-state index is 0.168. The number of hydrogen-bond donors (Lipinski definition) is 2. The van der Waals surface area contributed by atoms with E-state index in [1.54, 1.807) is 0 Å². The molecule has 1 aromatic heterocycles. The highest BCUT2D eigenvalue weighted by atomic mass is 79.9. The predicted octanol–water partition coefficient (Wildman–Crippen LogP) is 1.22. The molecule has 0 saturated heterocycles. The number of aromatic nitrogens is 4. The van der Waals surface area contributed by atoms with Crippen molar-refractivity contribution in [3.05, 3.63) is 39.9 Å². The number of ether oxygens (including phenoxy) is 1. The van der Waals surface area contributed by atoms with Crippen LogP contribution in [0.1, 0.15) is 22.2 Å². The quantitative estimate of drug-likeness (QED) is 0.851. The number of tetrazole rings is 1. The monoisotopic (exact) mass is 343 g/mol. The molecule has 2 rings (SSSR count). The van der Waals surface area contributed by atoms with Crippen molar-refractivity contribution in [3.8, 4) is 0 Å². The number of rotatable bonds is 5. The molecule has 1 unspecified atom stereocenters. The predicted molar refractivity (Wildman–Crippen MR) is 70.4 cm³/mol. The Morgan fingerprint density at radius 2 is 2.35 bits per heavy atom. The maximum Gasteiger partial charge on any atom is 0.252 e. The average molecular weight is 344 g/mol. The number of H-pyrrole nitrogens is 1. The maximum atomic E-state index is 13.3. The number of aromatic amines is 1. The molecule has 106 valence electrons. The molecule has 2 aromatic rings. The van der Waals surface area contributed by atoms with Crippen LogP contribution in [0, 0.1) is 5.82 Å². The van der Waals surface area contributed by atoms with E-state index in [0.717, 1.165) is 6.07 Å². The third-order valence-electron chi connectivity index (χ3n) is 2.44. The molecule has 9 heteroatoms. The number of nitrogens with one attached hydrogen (secondary N) is 2. The molecule has 1 heterocycles. The minimum Gasteiger partial charge on any atom is -0.382 e. The molecule has 20 heavy (non-hydrogen) atoms. The second kappa shape index (κ2) is 6.53. The Labute approximate surface area is 122 Å². The standard InChI is InChI=1S/C11H11BrFN5O2/c1-20-5-9(10-15-17-18-16-10)14-11(19)6-2-7(12)4-8(13)3-6/h2-4,9H,5H2,1H3,(H,14,19)(H,15,16,17,18). The van der Waals surface area contributed by atoms with Gasteiger partial charge < -0.3 is 10.1 Å². The van der Waals surface area contributed by atoms with Gasteiger partial charge >= 0.3 is 0 Å². The fourth-order valence-corrected chi connectivity index (χ4v) is 2.06. The summed E-state index contributed by atoms with van der Waals surface area (Å²) in [5, 5.41) is 16.0. The van der Waals surface area contributed by atoms with Gasteiger partial charge in [-0.05, 0) is 18.2 Å². The number of halogens is 2. The summed E-state index contributed by atoms with van der Waals surface area (Å²) in [5.74, 6) is -0.680. The van der Waals surface area contributed by atoms with Gasteiger partial charge in [0.2, 0.25) is 0 Å². The summed E-state index contributed by atoms with van der Waals surface area (Å²) >= 11 is 3.13. The van der Waals surface area contributed by atoms with E-state index in [9.17, 15) is 9.18 Å². The smallest absolute Gasteiger partial charge is 0.252 e. The highest BCUT2D eigenvalue weighted by molar-refractivity contribution is 9.10. The van der Waals surface area contributed by atoms with Gasteiger partial charge in [-0.1, -0.05) is 21.1 Å². The Kier molecular flexibility index (Phi) is 4.74. The molecule has 0 aliphatic heterocycles. The van der Waals surface area contributed by atoms with Gasteiger partial charge in [0.15, 0.2) is 5.82 Å². The lowest BCUT2D eigenvalue weighted by Crippen LogP contribution is -2.32. The molecule has 0 bridgehead atoms. The molecule has 1 aromatic carbocycles. The molecule has 0 spiro atoms. The molecule has 2 N–H and O–H groups in total. The first-order valence-corrected chi connectivity index (χ1v) is 6.38. The molecule has 0 radical (unpaired) electrons. The van der Waals surface area contributed by atoms with Crippen molar-refractivity contribution >= 4 is 21.8 Å². The lowest BCUT2D eigenvalue weighted by atomic mass is 10.2. The fraction of sp³-hybridized carbons (Fsp3) is 0.273. The molecular formula is C11H11BrFN5O2. The lowest BCUT2D eigenvalue weighted by molar-refractivity contribution is 0.0891. The van der Waals surface area contributed by atoms with E-state index >= 15 is 0 Å². The van der Waals surface area contributed by atoms with E-state index in [1.165, 1.54) is 19.2 Å². The van der Waals surface area contributed by atoms with E-state index in [0.29, 0.717) is 4.47 Å². The highest BCUT2D eigenvalue weighted by Crippen LogP contribution is 2.16. The van der Waals surface area contributed by atoms with Crippen LogP contribution >= 0.6 is 15.9 Å². The first kappa shape index (κ1) is 14.5. The van der Waals surface area contributed by atoms with E-state index in [-0.39, 0.29) is 18.0 Å². The fourth-order valence-electron chi connectivity index (χ4n) is 1.59. The van der Waals surface area contributed by atoms with Gasteiger partial charge in [0.1, 0.15) is 11.9 Å². The molecule has 7 nitrogen and oxygen atoms in total. The van der Waals surface area contributed by atoms with Crippen molar-refractivity contribution in [2.24, 2.45) is 0 Å². The number of carbonyl (C=O) groups is 1. The Morgan fingerprint density at radius 3 is 2.95 bits per heavy atom. The summed E-state index contributed by atoms with van der Waals surface area (Å²) in [4.78, 5) is 12.1. The zero-order valence-corrected chi connectivity index (χ0v) is 12.0. The van der Waals surface area contributed by atoms with Crippen LogP contribution in [0.2, 0.25) is 0 Å². The second-order valence-corrected chi connectivity index (χ2v) is 4.83. The van der Waals surface area contributed by atoms with Crippen LogP contribution in [0.5, 0.6) is 0 Å². The number of methoxy groups -OCH3 is 1. The summed E-state index contributed by atoms with van der Waals surface area (Å²) in [7, 11) is 1.48. The number of amides is 1. The first-order chi connectivity index (χ1) is 9.60. The molecule has 0 fully saturated rings. The Balaban J connectivity index is 2.16. The van der Waals surface area contributed by atoms with Crippen molar-refractivity contribution in [2.75, 3.05) is 13.7 Å². The number of carbonyl (C=O) groups excluding carboxylic acids is 1. The Morgan fingerprint density at radius 1 is 1.55 bits per heavy atom. The van der Waals surface area contributed by atoms with Gasteiger partial charge in [-0.2, -0.15) is 5.21 Å². The molecule has 1 atom stereocenters. The van der Waals surface area contributed by atoms with Crippen LogP contribution in [0.25, 0.3) is 0 Å². The van der Waals surface area contributed by atoms with E-state index < -0.39 is 17.8 Å². The van der Waals surface area contributed by atoms with Crippen molar-refractivity contribution in [1.29, 1.82) is 0 Å². The minimum atomic E-state index is -0.576. The summed E-state index contributed by atoms with van der Waals surface area (Å²) in [6.07, 6.45) is 0. The molecule has 0 saturated carbocycles. The summed E-state index contributed by atoms with van der Waals surface area (Å²) in [6, 6.07) is 3.34. The zero-order chi connectivity index (χ0) is 14.5. The van der Waals surface area contributed by atoms with Crippen LogP contribution in [0.3, 0.4) is 0 Å².